The molecule has 5 heteroatoms. The molecule has 1 saturated carbocycles. The highest BCUT2D eigenvalue weighted by Crippen LogP contribution is 2.29. The van der Waals surface area contributed by atoms with Gasteiger partial charge in [-0.25, -0.2) is 4.98 Å². The molecule has 0 saturated heterocycles. The van der Waals surface area contributed by atoms with Gasteiger partial charge >= 0.3 is 0 Å². The number of halogens is 1. The molecule has 1 aromatic rings. The topological polar surface area (TPSA) is 47.0 Å². The Labute approximate surface area is 101 Å². The average molecular weight is 239 g/mol. The summed E-state index contributed by atoms with van der Waals surface area (Å²) >= 11 is 0. The molecular formula is C12H18FN3O. The van der Waals surface area contributed by atoms with Gasteiger partial charge in [-0.15, -0.1) is 0 Å². The van der Waals surface area contributed by atoms with Crippen molar-refractivity contribution in [2.75, 3.05) is 18.5 Å². The van der Waals surface area contributed by atoms with Crippen molar-refractivity contribution in [3.05, 3.63) is 12.0 Å². The van der Waals surface area contributed by atoms with Gasteiger partial charge in [0.15, 0.2) is 0 Å². The average Bonchev–Trinajstić information content (AvgIpc) is 2.26. The third-order valence-electron chi connectivity index (χ3n) is 3.04. The highest BCUT2D eigenvalue weighted by molar-refractivity contribution is 5.27. The zero-order chi connectivity index (χ0) is 12.1. The fourth-order valence-electron chi connectivity index (χ4n) is 1.80. The van der Waals surface area contributed by atoms with Gasteiger partial charge in [-0.2, -0.15) is 9.37 Å². The zero-order valence-electron chi connectivity index (χ0n) is 10.1. The van der Waals surface area contributed by atoms with E-state index in [4.69, 9.17) is 4.74 Å². The van der Waals surface area contributed by atoms with Crippen molar-refractivity contribution in [1.82, 2.24) is 9.97 Å². The maximum Gasteiger partial charge on any atom is 0.255 e. The van der Waals surface area contributed by atoms with Crippen LogP contribution in [-0.2, 0) is 0 Å². The number of aromatic nitrogens is 2. The van der Waals surface area contributed by atoms with E-state index >= 15 is 0 Å². The molecule has 17 heavy (non-hydrogen) atoms. The Morgan fingerprint density at radius 2 is 2.35 bits per heavy atom. The van der Waals surface area contributed by atoms with Gasteiger partial charge in [-0.05, 0) is 19.3 Å². The van der Waals surface area contributed by atoms with Gasteiger partial charge in [0.05, 0.1) is 12.8 Å². The first-order valence-electron chi connectivity index (χ1n) is 6.18. The van der Waals surface area contributed by atoms with Crippen LogP contribution in [0.5, 0.6) is 5.88 Å². The molecule has 0 amide bonds. The summed E-state index contributed by atoms with van der Waals surface area (Å²) in [4.78, 5) is 7.81. The molecule has 0 unspecified atom stereocenters. The van der Waals surface area contributed by atoms with Gasteiger partial charge in [0.2, 0.25) is 11.8 Å². The molecule has 1 aromatic heterocycles. The highest BCUT2D eigenvalue weighted by Gasteiger charge is 2.17. The Morgan fingerprint density at radius 3 is 3.00 bits per heavy atom. The Morgan fingerprint density at radius 1 is 1.53 bits per heavy atom. The predicted molar refractivity (Wildman–Crippen MR) is 63.6 cm³/mol. The number of anilines is 1. The summed E-state index contributed by atoms with van der Waals surface area (Å²) in [5.41, 5.74) is 0. The molecule has 94 valence electrons. The molecule has 1 fully saturated rings. The summed E-state index contributed by atoms with van der Waals surface area (Å²) in [6.07, 6.45) is 6.00. The SMILES string of the molecule is CCNc1ncc(F)c(OCCC2CCC2)n1. The van der Waals surface area contributed by atoms with Gasteiger partial charge in [-0.3, -0.25) is 0 Å². The standard InChI is InChI=1S/C12H18FN3O/c1-2-14-12-15-8-10(13)11(16-12)17-7-6-9-4-3-5-9/h8-9H,2-7H2,1H3,(H,14,15,16). The van der Waals surface area contributed by atoms with E-state index in [1.807, 2.05) is 6.92 Å². The van der Waals surface area contributed by atoms with E-state index < -0.39 is 5.82 Å². The monoisotopic (exact) mass is 239 g/mol. The van der Waals surface area contributed by atoms with E-state index in [1.165, 1.54) is 19.3 Å². The van der Waals surface area contributed by atoms with Crippen molar-refractivity contribution in [3.63, 3.8) is 0 Å². The Balaban J connectivity index is 1.86. The number of ether oxygens (including phenoxy) is 1. The van der Waals surface area contributed by atoms with Crippen LogP contribution >= 0.6 is 0 Å². The molecule has 4 nitrogen and oxygen atoms in total. The van der Waals surface area contributed by atoms with E-state index in [0.29, 0.717) is 19.1 Å². The Hall–Kier alpha value is -1.39. The van der Waals surface area contributed by atoms with Crippen LogP contribution < -0.4 is 10.1 Å². The molecule has 1 aliphatic carbocycles. The van der Waals surface area contributed by atoms with Crippen LogP contribution in [0.1, 0.15) is 32.6 Å². The summed E-state index contributed by atoms with van der Waals surface area (Å²) in [6.45, 7) is 3.17. The largest absolute Gasteiger partial charge is 0.475 e. The molecule has 0 spiro atoms. The lowest BCUT2D eigenvalue weighted by Crippen LogP contribution is -2.15. The van der Waals surface area contributed by atoms with E-state index in [9.17, 15) is 4.39 Å². The Bertz CT molecular complexity index is 369. The normalized spacial score (nSPS) is 15.4. The summed E-state index contributed by atoms with van der Waals surface area (Å²) in [5, 5.41) is 2.93. The third kappa shape index (κ3) is 3.28. The first-order chi connectivity index (χ1) is 8.29. The lowest BCUT2D eigenvalue weighted by Gasteiger charge is -2.24. The molecule has 0 atom stereocenters. The van der Waals surface area contributed by atoms with Crippen molar-refractivity contribution >= 4 is 5.95 Å². The lowest BCUT2D eigenvalue weighted by molar-refractivity contribution is 0.211. The van der Waals surface area contributed by atoms with E-state index in [2.05, 4.69) is 15.3 Å². The smallest absolute Gasteiger partial charge is 0.255 e. The van der Waals surface area contributed by atoms with Crippen molar-refractivity contribution in [1.29, 1.82) is 0 Å². The van der Waals surface area contributed by atoms with Crippen LogP contribution in [0.4, 0.5) is 10.3 Å². The Kier molecular flexibility index (Phi) is 4.12. The fourth-order valence-corrected chi connectivity index (χ4v) is 1.80. The quantitative estimate of drug-likeness (QED) is 0.829. The van der Waals surface area contributed by atoms with E-state index in [-0.39, 0.29) is 5.88 Å². The van der Waals surface area contributed by atoms with Gasteiger partial charge in [0, 0.05) is 6.54 Å². The fraction of sp³-hybridized carbons (Fsp3) is 0.667. The maximum absolute atomic E-state index is 13.4. The van der Waals surface area contributed by atoms with Gasteiger partial charge < -0.3 is 10.1 Å². The van der Waals surface area contributed by atoms with E-state index in [1.54, 1.807) is 0 Å². The minimum absolute atomic E-state index is 0.0512. The van der Waals surface area contributed by atoms with Crippen LogP contribution in [0.3, 0.4) is 0 Å². The summed E-state index contributed by atoms with van der Waals surface area (Å²) in [7, 11) is 0. The minimum Gasteiger partial charge on any atom is -0.475 e. The molecule has 0 aliphatic heterocycles. The van der Waals surface area contributed by atoms with Gasteiger partial charge in [-0.1, -0.05) is 19.3 Å². The third-order valence-corrected chi connectivity index (χ3v) is 3.04. The zero-order valence-corrected chi connectivity index (χ0v) is 10.1. The molecule has 1 heterocycles. The highest BCUT2D eigenvalue weighted by atomic mass is 19.1. The molecule has 1 aliphatic rings. The molecule has 0 bridgehead atoms. The number of rotatable bonds is 6. The summed E-state index contributed by atoms with van der Waals surface area (Å²) in [6, 6.07) is 0. The van der Waals surface area contributed by atoms with Crippen molar-refractivity contribution in [2.24, 2.45) is 5.92 Å². The molecule has 0 aromatic carbocycles. The number of hydrogen-bond donors (Lipinski definition) is 1. The van der Waals surface area contributed by atoms with Gasteiger partial charge in [0.1, 0.15) is 0 Å². The maximum atomic E-state index is 13.4. The van der Waals surface area contributed by atoms with Crippen molar-refractivity contribution < 1.29 is 9.13 Å². The first kappa shape index (κ1) is 12.1. The number of hydrogen-bond acceptors (Lipinski definition) is 4. The lowest BCUT2D eigenvalue weighted by atomic mass is 9.83. The second-order valence-electron chi connectivity index (χ2n) is 4.31. The molecule has 0 radical (unpaired) electrons. The minimum atomic E-state index is -0.500. The van der Waals surface area contributed by atoms with Crippen LogP contribution in [0.2, 0.25) is 0 Å². The second-order valence-corrected chi connectivity index (χ2v) is 4.31. The van der Waals surface area contributed by atoms with Crippen LogP contribution in [0.25, 0.3) is 0 Å². The summed E-state index contributed by atoms with van der Waals surface area (Å²) in [5.74, 6) is 0.719. The first-order valence-corrected chi connectivity index (χ1v) is 6.18. The molecule has 1 N–H and O–H groups in total. The number of nitrogens with zero attached hydrogens (tertiary/aromatic N) is 2. The van der Waals surface area contributed by atoms with Crippen LogP contribution in [-0.4, -0.2) is 23.1 Å². The molecule has 2 rings (SSSR count). The van der Waals surface area contributed by atoms with Crippen LogP contribution in [0.15, 0.2) is 6.20 Å². The van der Waals surface area contributed by atoms with Gasteiger partial charge in [0.25, 0.3) is 5.88 Å². The number of nitrogens with one attached hydrogen (secondary N) is 1. The van der Waals surface area contributed by atoms with Crippen molar-refractivity contribution in [3.8, 4) is 5.88 Å². The van der Waals surface area contributed by atoms with E-state index in [0.717, 1.165) is 18.5 Å². The van der Waals surface area contributed by atoms with Crippen molar-refractivity contribution in [2.45, 2.75) is 32.6 Å². The molecular weight excluding hydrogens is 221 g/mol. The predicted octanol–water partition coefficient (Wildman–Crippen LogP) is 2.62. The second kappa shape index (κ2) is 5.80. The summed E-state index contributed by atoms with van der Waals surface area (Å²) < 4.78 is 18.7. The van der Waals surface area contributed by atoms with Crippen LogP contribution in [0, 0.1) is 11.7 Å².